The van der Waals surface area contributed by atoms with Crippen LogP contribution in [0.4, 0.5) is 5.69 Å². The molecule has 5 heteroatoms. The third-order valence-electron chi connectivity index (χ3n) is 4.44. The first-order valence-electron chi connectivity index (χ1n) is 10.1. The molecule has 0 spiro atoms. The SMILES string of the molecule is CCOCCOc1ccccc1NC(=O)c1ccc(OCCc2ccccc2)cc1. The maximum atomic E-state index is 12.6. The molecule has 0 radical (unpaired) electrons. The van der Waals surface area contributed by atoms with Gasteiger partial charge in [-0.1, -0.05) is 42.5 Å². The van der Waals surface area contributed by atoms with Gasteiger partial charge in [0.2, 0.25) is 0 Å². The molecule has 0 atom stereocenters. The summed E-state index contributed by atoms with van der Waals surface area (Å²) in [6.07, 6.45) is 0.836. The van der Waals surface area contributed by atoms with Crippen molar-refractivity contribution in [3.63, 3.8) is 0 Å². The molecule has 5 nitrogen and oxygen atoms in total. The zero-order chi connectivity index (χ0) is 21.0. The van der Waals surface area contributed by atoms with E-state index in [1.807, 2.05) is 61.5 Å². The van der Waals surface area contributed by atoms with Crippen molar-refractivity contribution in [3.8, 4) is 11.5 Å². The molecule has 0 aliphatic carbocycles. The van der Waals surface area contributed by atoms with Crippen LogP contribution in [0.15, 0.2) is 78.9 Å². The quantitative estimate of drug-likeness (QED) is 0.457. The van der Waals surface area contributed by atoms with Gasteiger partial charge >= 0.3 is 0 Å². The molecule has 3 rings (SSSR count). The number of hydrogen-bond donors (Lipinski definition) is 1. The van der Waals surface area contributed by atoms with Crippen molar-refractivity contribution < 1.29 is 19.0 Å². The minimum Gasteiger partial charge on any atom is -0.493 e. The number of carbonyl (C=O) groups excluding carboxylic acids is 1. The van der Waals surface area contributed by atoms with E-state index >= 15 is 0 Å². The highest BCUT2D eigenvalue weighted by Gasteiger charge is 2.10. The monoisotopic (exact) mass is 405 g/mol. The minimum atomic E-state index is -0.202. The lowest BCUT2D eigenvalue weighted by atomic mass is 10.1. The van der Waals surface area contributed by atoms with Crippen molar-refractivity contribution in [1.29, 1.82) is 0 Å². The average molecular weight is 405 g/mol. The summed E-state index contributed by atoms with van der Waals surface area (Å²) in [5.41, 5.74) is 2.41. The van der Waals surface area contributed by atoms with E-state index in [-0.39, 0.29) is 5.91 Å². The summed E-state index contributed by atoms with van der Waals surface area (Å²) in [7, 11) is 0. The minimum absolute atomic E-state index is 0.202. The maximum absolute atomic E-state index is 12.6. The standard InChI is InChI=1S/C25H27NO4/c1-2-28-18-19-30-24-11-7-6-10-23(24)26-25(27)21-12-14-22(15-13-21)29-17-16-20-8-4-3-5-9-20/h3-15H,2,16-19H2,1H3,(H,26,27). The van der Waals surface area contributed by atoms with Gasteiger partial charge in [-0.05, 0) is 48.9 Å². The first kappa shape index (κ1) is 21.4. The van der Waals surface area contributed by atoms with Gasteiger partial charge in [0.05, 0.1) is 18.9 Å². The van der Waals surface area contributed by atoms with Crippen LogP contribution in [0.2, 0.25) is 0 Å². The van der Waals surface area contributed by atoms with Gasteiger partial charge < -0.3 is 19.5 Å². The zero-order valence-electron chi connectivity index (χ0n) is 17.2. The number of para-hydroxylation sites is 2. The van der Waals surface area contributed by atoms with E-state index < -0.39 is 0 Å². The highest BCUT2D eigenvalue weighted by atomic mass is 16.5. The Labute approximate surface area is 177 Å². The van der Waals surface area contributed by atoms with Gasteiger partial charge in [-0.25, -0.2) is 0 Å². The Hall–Kier alpha value is -3.31. The number of amides is 1. The average Bonchev–Trinajstić information content (AvgIpc) is 2.79. The first-order chi connectivity index (χ1) is 14.8. The van der Waals surface area contributed by atoms with E-state index in [4.69, 9.17) is 14.2 Å². The van der Waals surface area contributed by atoms with Crippen molar-refractivity contribution >= 4 is 11.6 Å². The molecular formula is C25H27NO4. The summed E-state index contributed by atoms with van der Waals surface area (Å²) in [5.74, 6) is 1.15. The molecule has 156 valence electrons. The molecule has 0 bridgehead atoms. The number of carbonyl (C=O) groups is 1. The van der Waals surface area contributed by atoms with Gasteiger partial charge in [0.1, 0.15) is 18.1 Å². The van der Waals surface area contributed by atoms with E-state index in [9.17, 15) is 4.79 Å². The topological polar surface area (TPSA) is 56.8 Å². The van der Waals surface area contributed by atoms with E-state index in [1.165, 1.54) is 5.56 Å². The Bertz CT molecular complexity index is 910. The number of benzene rings is 3. The molecule has 1 amide bonds. The highest BCUT2D eigenvalue weighted by Crippen LogP contribution is 2.24. The molecule has 0 aliphatic rings. The predicted molar refractivity (Wildman–Crippen MR) is 118 cm³/mol. The Morgan fingerprint density at radius 3 is 2.30 bits per heavy atom. The van der Waals surface area contributed by atoms with Crippen LogP contribution in [0.1, 0.15) is 22.8 Å². The Kier molecular flexibility index (Phi) is 8.30. The Balaban J connectivity index is 1.52. The van der Waals surface area contributed by atoms with Crippen LogP contribution >= 0.6 is 0 Å². The first-order valence-corrected chi connectivity index (χ1v) is 10.1. The lowest BCUT2D eigenvalue weighted by Gasteiger charge is -2.13. The van der Waals surface area contributed by atoms with Crippen LogP contribution in [0.25, 0.3) is 0 Å². The Morgan fingerprint density at radius 2 is 1.53 bits per heavy atom. The third-order valence-corrected chi connectivity index (χ3v) is 4.44. The van der Waals surface area contributed by atoms with Crippen LogP contribution in [0.3, 0.4) is 0 Å². The lowest BCUT2D eigenvalue weighted by molar-refractivity contribution is 0.102. The van der Waals surface area contributed by atoms with Gasteiger partial charge in [0, 0.05) is 18.6 Å². The fourth-order valence-corrected chi connectivity index (χ4v) is 2.88. The second-order valence-electron chi connectivity index (χ2n) is 6.60. The van der Waals surface area contributed by atoms with E-state index in [0.29, 0.717) is 43.4 Å². The van der Waals surface area contributed by atoms with E-state index in [2.05, 4.69) is 17.4 Å². The summed E-state index contributed by atoms with van der Waals surface area (Å²) in [6, 6.07) is 24.7. The van der Waals surface area contributed by atoms with Crippen molar-refractivity contribution in [1.82, 2.24) is 0 Å². The fraction of sp³-hybridized carbons (Fsp3) is 0.240. The molecule has 0 saturated carbocycles. The number of nitrogens with one attached hydrogen (secondary N) is 1. The number of rotatable bonds is 11. The molecule has 0 fully saturated rings. The van der Waals surface area contributed by atoms with Crippen LogP contribution in [-0.4, -0.2) is 32.3 Å². The molecule has 0 saturated heterocycles. The fourth-order valence-electron chi connectivity index (χ4n) is 2.88. The molecule has 3 aromatic rings. The molecule has 0 unspecified atom stereocenters. The van der Waals surface area contributed by atoms with Crippen LogP contribution in [-0.2, 0) is 11.2 Å². The summed E-state index contributed by atoms with van der Waals surface area (Å²) in [6.45, 7) is 4.10. The lowest BCUT2D eigenvalue weighted by Crippen LogP contribution is -2.14. The van der Waals surface area contributed by atoms with Gasteiger partial charge in [-0.2, -0.15) is 0 Å². The van der Waals surface area contributed by atoms with Crippen LogP contribution in [0.5, 0.6) is 11.5 Å². The molecule has 1 N–H and O–H groups in total. The summed E-state index contributed by atoms with van der Waals surface area (Å²) in [4.78, 5) is 12.6. The second-order valence-corrected chi connectivity index (χ2v) is 6.60. The largest absolute Gasteiger partial charge is 0.493 e. The summed E-state index contributed by atoms with van der Waals surface area (Å²) >= 11 is 0. The van der Waals surface area contributed by atoms with E-state index in [0.717, 1.165) is 12.2 Å². The molecular weight excluding hydrogens is 378 g/mol. The van der Waals surface area contributed by atoms with Crippen molar-refractivity contribution in [2.75, 3.05) is 31.7 Å². The number of ether oxygens (including phenoxy) is 3. The van der Waals surface area contributed by atoms with E-state index in [1.54, 1.807) is 12.1 Å². The normalized spacial score (nSPS) is 10.4. The Morgan fingerprint density at radius 1 is 0.800 bits per heavy atom. The van der Waals surface area contributed by atoms with Crippen molar-refractivity contribution in [2.24, 2.45) is 0 Å². The summed E-state index contributed by atoms with van der Waals surface area (Å²) < 4.78 is 16.8. The number of hydrogen-bond acceptors (Lipinski definition) is 4. The number of anilines is 1. The molecule has 0 heterocycles. The zero-order valence-corrected chi connectivity index (χ0v) is 17.2. The molecule has 0 aliphatic heterocycles. The molecule has 30 heavy (non-hydrogen) atoms. The van der Waals surface area contributed by atoms with Gasteiger partial charge in [-0.15, -0.1) is 0 Å². The molecule has 3 aromatic carbocycles. The van der Waals surface area contributed by atoms with Gasteiger partial charge in [0.15, 0.2) is 0 Å². The smallest absolute Gasteiger partial charge is 0.255 e. The van der Waals surface area contributed by atoms with Crippen LogP contribution in [0, 0.1) is 0 Å². The van der Waals surface area contributed by atoms with Gasteiger partial charge in [0.25, 0.3) is 5.91 Å². The summed E-state index contributed by atoms with van der Waals surface area (Å²) in [5, 5.41) is 2.91. The predicted octanol–water partition coefficient (Wildman–Crippen LogP) is 4.98. The maximum Gasteiger partial charge on any atom is 0.255 e. The highest BCUT2D eigenvalue weighted by molar-refractivity contribution is 6.05. The second kappa shape index (κ2) is 11.6. The van der Waals surface area contributed by atoms with Gasteiger partial charge in [-0.3, -0.25) is 4.79 Å². The van der Waals surface area contributed by atoms with Crippen LogP contribution < -0.4 is 14.8 Å². The van der Waals surface area contributed by atoms with Crippen molar-refractivity contribution in [2.45, 2.75) is 13.3 Å². The molecule has 0 aromatic heterocycles. The van der Waals surface area contributed by atoms with Crippen molar-refractivity contribution in [3.05, 3.63) is 90.0 Å². The third kappa shape index (κ3) is 6.64.